The van der Waals surface area contributed by atoms with Crippen LogP contribution >= 0.6 is 11.8 Å². The van der Waals surface area contributed by atoms with Gasteiger partial charge in [-0.2, -0.15) is 0 Å². The molecule has 0 radical (unpaired) electrons. The summed E-state index contributed by atoms with van der Waals surface area (Å²) in [5, 5.41) is 0.568. The molecule has 0 spiro atoms. The molecule has 5 nitrogen and oxygen atoms in total. The summed E-state index contributed by atoms with van der Waals surface area (Å²) in [6.45, 7) is 7.64. The van der Waals surface area contributed by atoms with Gasteiger partial charge in [-0.25, -0.2) is 9.97 Å². The smallest absolute Gasteiger partial charge is 0.233 e. The van der Waals surface area contributed by atoms with Crippen molar-refractivity contribution in [2.24, 2.45) is 0 Å². The van der Waals surface area contributed by atoms with Gasteiger partial charge < -0.3 is 10.6 Å². The summed E-state index contributed by atoms with van der Waals surface area (Å²) in [6, 6.07) is 1.71. The van der Waals surface area contributed by atoms with Gasteiger partial charge in [0.1, 0.15) is 5.82 Å². The summed E-state index contributed by atoms with van der Waals surface area (Å²) in [5.41, 5.74) is 6.48. The number of hydrogen-bond acceptors (Lipinski definition) is 5. The number of nitrogens with two attached hydrogens (primary N) is 1. The summed E-state index contributed by atoms with van der Waals surface area (Å²) in [7, 11) is 0. The highest BCUT2D eigenvalue weighted by Gasteiger charge is 2.13. The van der Waals surface area contributed by atoms with Crippen LogP contribution in [0.15, 0.2) is 11.2 Å². The summed E-state index contributed by atoms with van der Waals surface area (Å²) in [4.78, 5) is 22.4. The SMILES string of the molecule is CCCN(CCC)C(=O)CSc1nc(C)cc(N)n1. The molecule has 1 aromatic heterocycles. The lowest BCUT2D eigenvalue weighted by molar-refractivity contribution is -0.128. The second kappa shape index (κ2) is 7.99. The molecule has 6 heteroatoms. The Bertz CT molecular complexity index is 399. The highest BCUT2D eigenvalue weighted by atomic mass is 32.2. The van der Waals surface area contributed by atoms with E-state index in [2.05, 4.69) is 23.8 Å². The van der Waals surface area contributed by atoms with E-state index >= 15 is 0 Å². The maximum atomic E-state index is 12.1. The zero-order valence-corrected chi connectivity index (χ0v) is 12.7. The molecule has 19 heavy (non-hydrogen) atoms. The minimum atomic E-state index is 0.136. The van der Waals surface area contributed by atoms with Crippen LogP contribution in [-0.2, 0) is 4.79 Å². The molecular weight excluding hydrogens is 260 g/mol. The van der Waals surface area contributed by atoms with Crippen molar-refractivity contribution in [1.29, 1.82) is 0 Å². The standard InChI is InChI=1S/C13H22N4OS/c1-4-6-17(7-5-2)12(18)9-19-13-15-10(3)8-11(14)16-13/h8H,4-7,9H2,1-3H3,(H2,14,15,16). The molecule has 1 amide bonds. The van der Waals surface area contributed by atoms with Gasteiger partial charge in [-0.1, -0.05) is 25.6 Å². The van der Waals surface area contributed by atoms with Gasteiger partial charge in [0.25, 0.3) is 0 Å². The number of nitrogen functional groups attached to an aromatic ring is 1. The van der Waals surface area contributed by atoms with E-state index in [0.717, 1.165) is 31.6 Å². The van der Waals surface area contributed by atoms with E-state index in [0.29, 0.717) is 16.7 Å². The number of aromatic nitrogens is 2. The first-order chi connectivity index (χ1) is 9.06. The minimum absolute atomic E-state index is 0.136. The number of carbonyl (C=O) groups excluding carboxylic acids is 1. The third-order valence-corrected chi connectivity index (χ3v) is 3.35. The molecule has 0 aliphatic rings. The van der Waals surface area contributed by atoms with E-state index < -0.39 is 0 Å². The van der Waals surface area contributed by atoms with Crippen molar-refractivity contribution in [1.82, 2.24) is 14.9 Å². The van der Waals surface area contributed by atoms with Crippen molar-refractivity contribution in [3.63, 3.8) is 0 Å². The first-order valence-corrected chi connectivity index (χ1v) is 7.57. The first-order valence-electron chi connectivity index (χ1n) is 6.58. The van der Waals surface area contributed by atoms with Crippen LogP contribution in [0.3, 0.4) is 0 Å². The number of amides is 1. The van der Waals surface area contributed by atoms with E-state index in [1.807, 2.05) is 11.8 Å². The predicted molar refractivity (Wildman–Crippen MR) is 79.1 cm³/mol. The quantitative estimate of drug-likeness (QED) is 0.612. The van der Waals surface area contributed by atoms with Crippen LogP contribution < -0.4 is 5.73 Å². The van der Waals surface area contributed by atoms with Gasteiger partial charge >= 0.3 is 0 Å². The zero-order chi connectivity index (χ0) is 14.3. The lowest BCUT2D eigenvalue weighted by Crippen LogP contribution is -2.33. The second-order valence-corrected chi connectivity index (χ2v) is 5.33. The number of thioether (sulfide) groups is 1. The van der Waals surface area contributed by atoms with E-state index in [1.54, 1.807) is 6.07 Å². The Labute approximate surface area is 119 Å². The molecule has 1 heterocycles. The molecular formula is C13H22N4OS. The van der Waals surface area contributed by atoms with Crippen molar-refractivity contribution in [3.05, 3.63) is 11.8 Å². The van der Waals surface area contributed by atoms with Crippen LogP contribution in [0.4, 0.5) is 5.82 Å². The number of nitrogens with zero attached hydrogens (tertiary/aromatic N) is 3. The number of rotatable bonds is 7. The van der Waals surface area contributed by atoms with Gasteiger partial charge in [0.2, 0.25) is 5.91 Å². The van der Waals surface area contributed by atoms with E-state index in [-0.39, 0.29) is 5.91 Å². The summed E-state index contributed by atoms with van der Waals surface area (Å²) in [6.07, 6.45) is 1.95. The molecule has 0 unspecified atom stereocenters. The molecule has 0 aromatic carbocycles. The first kappa shape index (κ1) is 15.8. The highest BCUT2D eigenvalue weighted by molar-refractivity contribution is 7.99. The molecule has 0 bridgehead atoms. The lowest BCUT2D eigenvalue weighted by atomic mass is 10.3. The fourth-order valence-corrected chi connectivity index (χ4v) is 2.56. The molecule has 106 valence electrons. The third kappa shape index (κ3) is 5.46. The molecule has 0 atom stereocenters. The van der Waals surface area contributed by atoms with Crippen LogP contribution in [0.25, 0.3) is 0 Å². The average molecular weight is 282 g/mol. The summed E-state index contributed by atoms with van der Waals surface area (Å²) in [5.74, 6) is 0.946. The van der Waals surface area contributed by atoms with Crippen molar-refractivity contribution < 1.29 is 4.79 Å². The Morgan fingerprint density at radius 3 is 2.47 bits per heavy atom. The van der Waals surface area contributed by atoms with Crippen molar-refractivity contribution in [3.8, 4) is 0 Å². The highest BCUT2D eigenvalue weighted by Crippen LogP contribution is 2.15. The normalized spacial score (nSPS) is 10.5. The van der Waals surface area contributed by atoms with Crippen molar-refractivity contribution in [2.75, 3.05) is 24.6 Å². The Hall–Kier alpha value is -1.30. The molecule has 0 saturated carbocycles. The molecule has 0 aliphatic heterocycles. The number of anilines is 1. The number of aryl methyl sites for hydroxylation is 1. The molecule has 1 aromatic rings. The molecule has 0 fully saturated rings. The lowest BCUT2D eigenvalue weighted by Gasteiger charge is -2.21. The van der Waals surface area contributed by atoms with Gasteiger partial charge in [0.05, 0.1) is 5.75 Å². The maximum absolute atomic E-state index is 12.1. The largest absolute Gasteiger partial charge is 0.384 e. The second-order valence-electron chi connectivity index (χ2n) is 4.39. The van der Waals surface area contributed by atoms with E-state index in [9.17, 15) is 4.79 Å². The molecule has 1 rings (SSSR count). The molecule has 2 N–H and O–H groups in total. The van der Waals surface area contributed by atoms with Crippen LogP contribution in [0.5, 0.6) is 0 Å². The summed E-state index contributed by atoms with van der Waals surface area (Å²) >= 11 is 1.34. The van der Waals surface area contributed by atoms with E-state index in [4.69, 9.17) is 5.73 Å². The third-order valence-electron chi connectivity index (χ3n) is 2.52. The fourth-order valence-electron chi connectivity index (χ4n) is 1.75. The summed E-state index contributed by atoms with van der Waals surface area (Å²) < 4.78 is 0. The number of carbonyl (C=O) groups is 1. The van der Waals surface area contributed by atoms with Gasteiger partial charge in [0.15, 0.2) is 5.16 Å². The Kier molecular flexibility index (Phi) is 6.62. The van der Waals surface area contributed by atoms with Crippen LogP contribution in [0, 0.1) is 6.92 Å². The van der Waals surface area contributed by atoms with Crippen LogP contribution in [0.1, 0.15) is 32.4 Å². The Balaban J connectivity index is 2.56. The Morgan fingerprint density at radius 2 is 1.95 bits per heavy atom. The van der Waals surface area contributed by atoms with Crippen LogP contribution in [-0.4, -0.2) is 39.6 Å². The van der Waals surface area contributed by atoms with Crippen molar-refractivity contribution in [2.45, 2.75) is 38.8 Å². The van der Waals surface area contributed by atoms with Crippen molar-refractivity contribution >= 4 is 23.5 Å². The topological polar surface area (TPSA) is 72.1 Å². The average Bonchev–Trinajstić information content (AvgIpc) is 2.34. The molecule has 0 aliphatic carbocycles. The number of hydrogen-bond donors (Lipinski definition) is 1. The van der Waals surface area contributed by atoms with Crippen LogP contribution in [0.2, 0.25) is 0 Å². The van der Waals surface area contributed by atoms with Gasteiger partial charge in [-0.3, -0.25) is 4.79 Å². The zero-order valence-electron chi connectivity index (χ0n) is 11.8. The van der Waals surface area contributed by atoms with Gasteiger partial charge in [-0.05, 0) is 19.8 Å². The van der Waals surface area contributed by atoms with Gasteiger partial charge in [-0.15, -0.1) is 0 Å². The minimum Gasteiger partial charge on any atom is -0.384 e. The monoisotopic (exact) mass is 282 g/mol. The maximum Gasteiger partial charge on any atom is 0.233 e. The predicted octanol–water partition coefficient (Wildman–Crippen LogP) is 2.11. The van der Waals surface area contributed by atoms with E-state index in [1.165, 1.54) is 11.8 Å². The molecule has 0 saturated heterocycles. The Morgan fingerprint density at radius 1 is 1.32 bits per heavy atom. The van der Waals surface area contributed by atoms with Gasteiger partial charge in [0, 0.05) is 24.8 Å². The fraction of sp³-hybridized carbons (Fsp3) is 0.615.